The maximum Gasteiger partial charge on any atom is 0.271 e. The minimum Gasteiger partial charge on any atom is -0.279 e. The zero-order chi connectivity index (χ0) is 16.6. The van der Waals surface area contributed by atoms with Crippen molar-refractivity contribution in [3.05, 3.63) is 46.0 Å². The molecule has 3 N–H and O–H groups in total. The highest BCUT2D eigenvalue weighted by Crippen LogP contribution is 2.32. The molecule has 9 heteroatoms. The first-order valence-electron chi connectivity index (χ1n) is 6.94. The topological polar surface area (TPSA) is 70.2 Å². The molecular formula is C14H15ClFN3O2S2. The highest BCUT2D eigenvalue weighted by atomic mass is 35.5. The van der Waals surface area contributed by atoms with Gasteiger partial charge in [-0.1, -0.05) is 11.6 Å². The molecule has 2 atom stereocenters. The van der Waals surface area contributed by atoms with Gasteiger partial charge in [0, 0.05) is 10.9 Å². The minimum atomic E-state index is -3.73. The summed E-state index contributed by atoms with van der Waals surface area (Å²) in [5.41, 5.74) is 6.47. The summed E-state index contributed by atoms with van der Waals surface area (Å²) in [4.78, 5) is 0.944. The Hall–Kier alpha value is -1.19. The molecule has 1 aromatic heterocycles. The average molecular weight is 376 g/mol. The van der Waals surface area contributed by atoms with E-state index >= 15 is 0 Å². The molecule has 0 amide bonds. The zero-order valence-electron chi connectivity index (χ0n) is 12.1. The summed E-state index contributed by atoms with van der Waals surface area (Å²) in [5, 5.41) is -0.132. The van der Waals surface area contributed by atoms with Crippen molar-refractivity contribution in [1.82, 2.24) is 10.9 Å². The molecule has 1 aliphatic rings. The molecule has 0 bridgehead atoms. The third-order valence-electron chi connectivity index (χ3n) is 3.48. The second-order valence-electron chi connectivity index (χ2n) is 5.37. The van der Waals surface area contributed by atoms with Gasteiger partial charge in [-0.3, -0.25) is 10.1 Å². The predicted molar refractivity (Wildman–Crippen MR) is 89.6 cm³/mol. The second-order valence-corrected chi connectivity index (χ2v) is 8.80. The maximum absolute atomic E-state index is 13.1. The number of hydrogen-bond donors (Lipinski definition) is 3. The van der Waals surface area contributed by atoms with Crippen LogP contribution in [0.15, 0.2) is 34.5 Å². The fourth-order valence-electron chi connectivity index (χ4n) is 2.33. The van der Waals surface area contributed by atoms with Crippen molar-refractivity contribution in [1.29, 1.82) is 0 Å². The predicted octanol–water partition coefficient (Wildman–Crippen LogP) is 3.27. The number of nitrogens with one attached hydrogen (secondary N) is 3. The lowest BCUT2D eigenvalue weighted by Crippen LogP contribution is -2.28. The van der Waals surface area contributed by atoms with Gasteiger partial charge >= 0.3 is 0 Å². The van der Waals surface area contributed by atoms with E-state index in [1.54, 1.807) is 12.1 Å². The van der Waals surface area contributed by atoms with Crippen molar-refractivity contribution in [2.75, 3.05) is 4.72 Å². The molecule has 2 heterocycles. The molecule has 124 valence electrons. The molecule has 0 radical (unpaired) electrons. The fraction of sp³-hybridized carbons (Fsp3) is 0.286. The van der Waals surface area contributed by atoms with Gasteiger partial charge in [0.2, 0.25) is 0 Å². The lowest BCUT2D eigenvalue weighted by Gasteiger charge is -2.07. The fourth-order valence-corrected chi connectivity index (χ4v) is 4.95. The van der Waals surface area contributed by atoms with E-state index in [2.05, 4.69) is 22.5 Å². The van der Waals surface area contributed by atoms with Crippen molar-refractivity contribution in [3.63, 3.8) is 0 Å². The molecule has 0 saturated carbocycles. The first-order chi connectivity index (χ1) is 10.8. The normalized spacial score (nSPS) is 21.5. The highest BCUT2D eigenvalue weighted by Gasteiger charge is 2.25. The Balaban J connectivity index is 1.79. The molecule has 2 unspecified atom stereocenters. The Bertz CT molecular complexity index is 825. The van der Waals surface area contributed by atoms with Gasteiger partial charge in [-0.15, -0.1) is 11.3 Å². The third-order valence-corrected chi connectivity index (χ3v) is 6.84. The molecule has 23 heavy (non-hydrogen) atoms. The van der Waals surface area contributed by atoms with Gasteiger partial charge in [-0.25, -0.2) is 18.2 Å². The largest absolute Gasteiger partial charge is 0.279 e. The quantitative estimate of drug-likeness (QED) is 0.767. The van der Waals surface area contributed by atoms with E-state index in [1.807, 2.05) is 0 Å². The summed E-state index contributed by atoms with van der Waals surface area (Å²) in [6.07, 6.45) is 0.890. The number of hydrazine groups is 1. The van der Waals surface area contributed by atoms with Gasteiger partial charge in [-0.05, 0) is 43.7 Å². The average Bonchev–Trinajstić information content (AvgIpc) is 3.11. The van der Waals surface area contributed by atoms with Crippen molar-refractivity contribution in [2.45, 2.75) is 29.6 Å². The Morgan fingerprint density at radius 2 is 2.09 bits per heavy atom. The van der Waals surface area contributed by atoms with E-state index in [4.69, 9.17) is 11.6 Å². The smallest absolute Gasteiger partial charge is 0.271 e. The van der Waals surface area contributed by atoms with Crippen molar-refractivity contribution < 1.29 is 12.8 Å². The number of sulfonamides is 1. The van der Waals surface area contributed by atoms with E-state index in [0.29, 0.717) is 6.04 Å². The summed E-state index contributed by atoms with van der Waals surface area (Å²) < 4.78 is 40.6. The maximum atomic E-state index is 13.1. The molecule has 1 aliphatic heterocycles. The molecule has 0 aliphatic carbocycles. The summed E-state index contributed by atoms with van der Waals surface area (Å²) >= 11 is 6.88. The molecule has 3 rings (SSSR count). The van der Waals surface area contributed by atoms with Crippen LogP contribution in [0.3, 0.4) is 0 Å². The number of anilines is 1. The van der Waals surface area contributed by atoms with Crippen LogP contribution >= 0.6 is 22.9 Å². The molecule has 2 aromatic rings. The van der Waals surface area contributed by atoms with Crippen molar-refractivity contribution in [3.8, 4) is 0 Å². The van der Waals surface area contributed by atoms with Crippen LogP contribution in [0, 0.1) is 5.82 Å². The van der Waals surface area contributed by atoms with Gasteiger partial charge in [0.05, 0.1) is 16.8 Å². The van der Waals surface area contributed by atoms with Crippen LogP contribution in [-0.2, 0) is 10.0 Å². The van der Waals surface area contributed by atoms with E-state index in [9.17, 15) is 12.8 Å². The lowest BCUT2D eigenvalue weighted by atomic mass is 10.1. The molecule has 5 nitrogen and oxygen atoms in total. The number of benzene rings is 1. The van der Waals surface area contributed by atoms with Gasteiger partial charge in [0.1, 0.15) is 10.0 Å². The summed E-state index contributed by atoms with van der Waals surface area (Å²) in [6, 6.07) is 7.49. The first-order valence-corrected chi connectivity index (χ1v) is 9.61. The van der Waals surface area contributed by atoms with E-state index in [-0.39, 0.29) is 21.0 Å². The Morgan fingerprint density at radius 3 is 2.74 bits per heavy atom. The number of rotatable bonds is 4. The summed E-state index contributed by atoms with van der Waals surface area (Å²) in [7, 11) is -3.73. The van der Waals surface area contributed by atoms with Gasteiger partial charge in [0.15, 0.2) is 0 Å². The van der Waals surface area contributed by atoms with Gasteiger partial charge in [-0.2, -0.15) is 0 Å². The Morgan fingerprint density at radius 1 is 1.30 bits per heavy atom. The van der Waals surface area contributed by atoms with E-state index in [0.717, 1.165) is 17.4 Å². The summed E-state index contributed by atoms with van der Waals surface area (Å²) in [5.74, 6) is -0.595. The number of hydrogen-bond acceptors (Lipinski definition) is 5. The van der Waals surface area contributed by atoms with Crippen LogP contribution in [0.1, 0.15) is 24.3 Å². The van der Waals surface area contributed by atoms with Crippen molar-refractivity contribution >= 4 is 38.6 Å². The number of halogens is 2. The second kappa shape index (κ2) is 6.37. The van der Waals surface area contributed by atoms with Crippen LogP contribution in [-0.4, -0.2) is 14.5 Å². The molecule has 1 fully saturated rings. The Kier molecular flexibility index (Phi) is 4.61. The van der Waals surface area contributed by atoms with Crippen LogP contribution in [0.2, 0.25) is 5.02 Å². The van der Waals surface area contributed by atoms with Gasteiger partial charge < -0.3 is 0 Å². The molecule has 1 saturated heterocycles. The first kappa shape index (κ1) is 16.7. The van der Waals surface area contributed by atoms with Gasteiger partial charge in [0.25, 0.3) is 10.0 Å². The van der Waals surface area contributed by atoms with E-state index < -0.39 is 15.8 Å². The van der Waals surface area contributed by atoms with E-state index in [1.165, 1.54) is 23.5 Å². The Labute approximate surface area is 142 Å². The minimum absolute atomic E-state index is 0.0965. The lowest BCUT2D eigenvalue weighted by molar-refractivity contribution is 0.564. The van der Waals surface area contributed by atoms with Crippen LogP contribution < -0.4 is 15.6 Å². The molecule has 0 spiro atoms. The highest BCUT2D eigenvalue weighted by molar-refractivity contribution is 7.94. The molecular weight excluding hydrogens is 361 g/mol. The SMILES string of the molecule is CC1CC(c2ccc(S(=O)(=O)Nc3ccc(F)c(Cl)c3)s2)NN1. The van der Waals surface area contributed by atoms with Crippen LogP contribution in [0.5, 0.6) is 0 Å². The van der Waals surface area contributed by atoms with Crippen LogP contribution in [0.25, 0.3) is 0 Å². The third kappa shape index (κ3) is 3.67. The van der Waals surface area contributed by atoms with Crippen molar-refractivity contribution in [2.24, 2.45) is 0 Å². The monoisotopic (exact) mass is 375 g/mol. The summed E-state index contributed by atoms with van der Waals surface area (Å²) in [6.45, 7) is 2.05. The zero-order valence-corrected chi connectivity index (χ0v) is 14.5. The molecule has 1 aromatic carbocycles. The number of thiophene rings is 1. The standard InChI is InChI=1S/C14H15ClFN3O2S2/c1-8-6-12(18-17-8)13-4-5-14(22-13)23(20,21)19-9-2-3-11(16)10(15)7-9/h2-5,7-8,12,17-19H,6H2,1H3. The van der Waals surface area contributed by atoms with Crippen LogP contribution in [0.4, 0.5) is 10.1 Å².